The van der Waals surface area contributed by atoms with E-state index in [1.54, 1.807) is 6.33 Å². The van der Waals surface area contributed by atoms with E-state index in [1.165, 1.54) is 5.56 Å². The summed E-state index contributed by atoms with van der Waals surface area (Å²) >= 11 is 0. The zero-order valence-corrected chi connectivity index (χ0v) is 17.3. The van der Waals surface area contributed by atoms with Crippen LogP contribution in [0.5, 0.6) is 0 Å². The number of aryl methyl sites for hydroxylation is 1. The van der Waals surface area contributed by atoms with Crippen molar-refractivity contribution >= 4 is 17.2 Å². The van der Waals surface area contributed by atoms with E-state index < -0.39 is 0 Å². The molecule has 8 heteroatoms. The first-order chi connectivity index (χ1) is 15.2. The van der Waals surface area contributed by atoms with Gasteiger partial charge in [-0.25, -0.2) is 19.6 Å². The first kappa shape index (κ1) is 18.0. The Hall–Kier alpha value is -3.81. The number of piperidine rings is 1. The molecule has 0 spiro atoms. The molecule has 8 nitrogen and oxygen atoms in total. The lowest BCUT2D eigenvalue weighted by molar-refractivity contribution is 0.365. The van der Waals surface area contributed by atoms with Crippen LogP contribution in [-0.4, -0.2) is 48.3 Å². The van der Waals surface area contributed by atoms with Crippen LogP contribution in [0.2, 0.25) is 0 Å². The molecule has 0 atom stereocenters. The molecular formula is C23H22N8. The third-order valence-electron chi connectivity index (χ3n) is 6.14. The second kappa shape index (κ2) is 7.16. The van der Waals surface area contributed by atoms with E-state index in [0.29, 0.717) is 6.04 Å². The van der Waals surface area contributed by atoms with Crippen molar-refractivity contribution in [3.63, 3.8) is 0 Å². The highest BCUT2D eigenvalue weighted by molar-refractivity contribution is 6.22. The molecule has 0 aliphatic carbocycles. The molecule has 1 saturated heterocycles. The van der Waals surface area contributed by atoms with Crippen molar-refractivity contribution < 1.29 is 0 Å². The number of nitrogens with zero attached hydrogens (tertiary/aromatic N) is 8. The molecule has 0 N–H and O–H groups in total. The number of benzene rings is 1. The van der Waals surface area contributed by atoms with Crippen LogP contribution in [0.3, 0.4) is 0 Å². The molecule has 0 radical (unpaired) electrons. The molecule has 0 unspecified atom stereocenters. The predicted octanol–water partition coefficient (Wildman–Crippen LogP) is 3.40. The Balaban J connectivity index is 1.21. The molecule has 0 amide bonds. The van der Waals surface area contributed by atoms with Crippen molar-refractivity contribution in [3.8, 4) is 11.1 Å². The average Bonchev–Trinajstić information content (AvgIpc) is 3.47. The summed E-state index contributed by atoms with van der Waals surface area (Å²) < 4.78 is 3.80. The fourth-order valence-corrected chi connectivity index (χ4v) is 4.42. The van der Waals surface area contributed by atoms with Gasteiger partial charge in [-0.2, -0.15) is 10.2 Å². The number of aliphatic imine (C=N–C) groups is 1. The van der Waals surface area contributed by atoms with Crippen LogP contribution >= 0.6 is 0 Å². The lowest BCUT2D eigenvalue weighted by atomic mass is 9.93. The van der Waals surface area contributed by atoms with E-state index >= 15 is 0 Å². The highest BCUT2D eigenvalue weighted by Gasteiger charge is 2.24. The molecule has 6 rings (SSSR count). The van der Waals surface area contributed by atoms with E-state index in [1.807, 2.05) is 47.4 Å². The number of hydrogen-bond acceptors (Lipinski definition) is 6. The summed E-state index contributed by atoms with van der Waals surface area (Å²) in [4.78, 5) is 15.8. The Morgan fingerprint density at radius 3 is 2.65 bits per heavy atom. The largest absolute Gasteiger partial charge is 0.356 e. The first-order valence-electron chi connectivity index (χ1n) is 10.5. The molecule has 4 aromatic rings. The van der Waals surface area contributed by atoms with Gasteiger partial charge in [-0.3, -0.25) is 4.68 Å². The first-order valence-corrected chi connectivity index (χ1v) is 10.5. The second-order valence-electron chi connectivity index (χ2n) is 8.09. The quantitative estimate of drug-likeness (QED) is 0.454. The SMILES string of the molecule is Cn1cc(-c2ccc3c(c2)C(c2ccnc(N4CCC(n5cncn5)CC4)c2)=N3)cn1. The molecule has 154 valence electrons. The van der Waals surface area contributed by atoms with Crippen LogP contribution in [-0.2, 0) is 7.05 Å². The van der Waals surface area contributed by atoms with Crippen LogP contribution in [0.25, 0.3) is 11.1 Å². The lowest BCUT2D eigenvalue weighted by Crippen LogP contribution is -2.35. The summed E-state index contributed by atoms with van der Waals surface area (Å²) in [5, 5.41) is 8.58. The number of aromatic nitrogens is 6. The fraction of sp³-hybridized carbons (Fsp3) is 0.261. The average molecular weight is 410 g/mol. The summed E-state index contributed by atoms with van der Waals surface area (Å²) in [5.74, 6) is 1.01. The molecule has 5 heterocycles. The topological polar surface area (TPSA) is 77.0 Å². The Labute approximate surface area is 179 Å². The fourth-order valence-electron chi connectivity index (χ4n) is 4.42. The van der Waals surface area contributed by atoms with Crippen molar-refractivity contribution in [2.45, 2.75) is 18.9 Å². The van der Waals surface area contributed by atoms with Crippen molar-refractivity contribution in [2.24, 2.45) is 12.0 Å². The second-order valence-corrected chi connectivity index (χ2v) is 8.09. The van der Waals surface area contributed by atoms with Crippen LogP contribution in [0.4, 0.5) is 11.5 Å². The molecule has 0 bridgehead atoms. The Morgan fingerprint density at radius 2 is 1.87 bits per heavy atom. The van der Waals surface area contributed by atoms with Crippen molar-refractivity contribution in [1.29, 1.82) is 0 Å². The zero-order chi connectivity index (χ0) is 20.8. The number of fused-ring (bicyclic) bond motifs is 1. The smallest absolute Gasteiger partial charge is 0.137 e. The zero-order valence-electron chi connectivity index (χ0n) is 17.3. The minimum Gasteiger partial charge on any atom is -0.356 e. The van der Waals surface area contributed by atoms with Crippen LogP contribution in [0.15, 0.2) is 66.6 Å². The summed E-state index contributed by atoms with van der Waals surface area (Å²) in [7, 11) is 1.94. The van der Waals surface area contributed by atoms with Gasteiger partial charge in [-0.1, -0.05) is 6.07 Å². The predicted molar refractivity (Wildman–Crippen MR) is 119 cm³/mol. The van der Waals surface area contributed by atoms with Gasteiger partial charge in [0.05, 0.1) is 23.6 Å². The minimum absolute atomic E-state index is 0.413. The normalized spacial score (nSPS) is 16.0. The van der Waals surface area contributed by atoms with Gasteiger partial charge in [0.2, 0.25) is 0 Å². The Morgan fingerprint density at radius 1 is 0.968 bits per heavy atom. The van der Waals surface area contributed by atoms with Crippen LogP contribution in [0, 0.1) is 0 Å². The maximum Gasteiger partial charge on any atom is 0.137 e. The van der Waals surface area contributed by atoms with E-state index in [0.717, 1.165) is 59.8 Å². The number of hydrogen-bond donors (Lipinski definition) is 0. The molecule has 2 aliphatic rings. The van der Waals surface area contributed by atoms with E-state index in [9.17, 15) is 0 Å². The lowest BCUT2D eigenvalue weighted by Gasteiger charge is -2.33. The molecule has 1 fully saturated rings. The summed E-state index contributed by atoms with van der Waals surface area (Å²) in [6.45, 7) is 1.91. The number of rotatable bonds is 4. The monoisotopic (exact) mass is 410 g/mol. The summed E-state index contributed by atoms with van der Waals surface area (Å²) in [5.41, 5.74) is 6.63. The van der Waals surface area contributed by atoms with Gasteiger partial charge in [0.1, 0.15) is 18.5 Å². The van der Waals surface area contributed by atoms with Gasteiger partial charge >= 0.3 is 0 Å². The molecular weight excluding hydrogens is 388 g/mol. The van der Waals surface area contributed by atoms with Crippen LogP contribution < -0.4 is 4.90 Å². The highest BCUT2D eigenvalue weighted by Crippen LogP contribution is 2.36. The Kier molecular flexibility index (Phi) is 4.15. The maximum absolute atomic E-state index is 4.76. The standard InChI is InChI=1S/C23H22N8/c1-29-13-18(12-26-29)16-2-3-21-20(10-16)23(28-21)17-4-7-25-22(11-17)30-8-5-19(6-9-30)31-15-24-14-27-31/h2-4,7,10-15,19H,5-6,8-9H2,1H3. The van der Waals surface area contributed by atoms with Crippen molar-refractivity contribution in [1.82, 2.24) is 29.5 Å². The highest BCUT2D eigenvalue weighted by atomic mass is 15.3. The summed E-state index contributed by atoms with van der Waals surface area (Å²) in [6, 6.07) is 11.0. The molecule has 31 heavy (non-hydrogen) atoms. The summed E-state index contributed by atoms with van der Waals surface area (Å²) in [6.07, 6.45) is 11.3. The van der Waals surface area contributed by atoms with E-state index in [4.69, 9.17) is 4.99 Å². The van der Waals surface area contributed by atoms with Gasteiger partial charge in [0.25, 0.3) is 0 Å². The molecule has 1 aromatic carbocycles. The van der Waals surface area contributed by atoms with Gasteiger partial charge in [0, 0.05) is 49.2 Å². The third-order valence-corrected chi connectivity index (χ3v) is 6.14. The van der Waals surface area contributed by atoms with Gasteiger partial charge in [-0.05, 0) is 42.7 Å². The minimum atomic E-state index is 0.413. The van der Waals surface area contributed by atoms with Crippen molar-refractivity contribution in [2.75, 3.05) is 18.0 Å². The van der Waals surface area contributed by atoms with E-state index in [2.05, 4.69) is 49.3 Å². The number of anilines is 1. The van der Waals surface area contributed by atoms with Gasteiger partial charge in [-0.15, -0.1) is 0 Å². The Bertz CT molecular complexity index is 1260. The van der Waals surface area contributed by atoms with Crippen LogP contribution in [0.1, 0.15) is 30.0 Å². The van der Waals surface area contributed by atoms with Gasteiger partial charge < -0.3 is 4.90 Å². The molecule has 0 saturated carbocycles. The van der Waals surface area contributed by atoms with E-state index in [-0.39, 0.29) is 0 Å². The third kappa shape index (κ3) is 3.20. The molecule has 3 aromatic heterocycles. The maximum atomic E-state index is 4.76. The van der Waals surface area contributed by atoms with Gasteiger partial charge in [0.15, 0.2) is 0 Å². The molecule has 2 aliphatic heterocycles. The number of pyridine rings is 1. The van der Waals surface area contributed by atoms with Crippen molar-refractivity contribution in [3.05, 3.63) is 72.7 Å².